The SMILES string of the molecule is NC(CSS(=O)(=O)O)=NCCC12C[C@@H]3C[C@@H](CC(O)(C3)C1)C2. The molecule has 0 radical (unpaired) electrons. The number of amidine groups is 1. The predicted octanol–water partition coefficient (Wildman–Crippen LogP) is 1.60. The van der Waals surface area contributed by atoms with Gasteiger partial charge in [-0.2, -0.15) is 8.42 Å². The molecular formula is C14H24N2O4S2. The standard InChI is InChI=1S/C14H24N2O4S2/c15-12(8-21-22(18,19)20)16-2-1-13-4-10-3-11(5-13)7-14(17,6-10)9-13/h10-11,17H,1-9H2,(H2,15,16)(H,18,19,20)/t10-,11+,13?,14?. The fourth-order valence-corrected chi connectivity index (χ4v) is 6.48. The van der Waals surface area contributed by atoms with Crippen LogP contribution in [0.25, 0.3) is 0 Å². The van der Waals surface area contributed by atoms with E-state index in [4.69, 9.17) is 10.3 Å². The summed E-state index contributed by atoms with van der Waals surface area (Å²) in [5, 5.41) is 10.7. The van der Waals surface area contributed by atoms with Crippen LogP contribution in [0.15, 0.2) is 4.99 Å². The van der Waals surface area contributed by atoms with E-state index in [2.05, 4.69) is 4.99 Å². The molecule has 0 aromatic rings. The van der Waals surface area contributed by atoms with Crippen LogP contribution in [0.2, 0.25) is 0 Å². The molecule has 6 nitrogen and oxygen atoms in total. The van der Waals surface area contributed by atoms with Crippen molar-refractivity contribution in [2.45, 2.75) is 50.5 Å². The van der Waals surface area contributed by atoms with Crippen LogP contribution >= 0.6 is 10.8 Å². The number of aliphatic imine (C=N–C) groups is 1. The van der Waals surface area contributed by atoms with Gasteiger partial charge >= 0.3 is 9.15 Å². The van der Waals surface area contributed by atoms with Crippen molar-refractivity contribution in [3.63, 3.8) is 0 Å². The Morgan fingerprint density at radius 2 is 1.91 bits per heavy atom. The Morgan fingerprint density at radius 3 is 2.45 bits per heavy atom. The van der Waals surface area contributed by atoms with E-state index in [1.807, 2.05) is 0 Å². The van der Waals surface area contributed by atoms with E-state index in [1.165, 1.54) is 19.3 Å². The maximum Gasteiger partial charge on any atom is 0.320 e. The van der Waals surface area contributed by atoms with E-state index in [-0.39, 0.29) is 17.0 Å². The molecule has 126 valence electrons. The first-order valence-corrected chi connectivity index (χ1v) is 10.7. The van der Waals surface area contributed by atoms with Crippen molar-refractivity contribution in [1.82, 2.24) is 0 Å². The average molecular weight is 348 g/mol. The highest BCUT2D eigenvalue weighted by molar-refractivity contribution is 8.70. The van der Waals surface area contributed by atoms with Crippen LogP contribution < -0.4 is 5.73 Å². The Bertz CT molecular complexity index is 561. The van der Waals surface area contributed by atoms with Crippen molar-refractivity contribution in [3.05, 3.63) is 0 Å². The van der Waals surface area contributed by atoms with Crippen molar-refractivity contribution in [1.29, 1.82) is 0 Å². The molecular weight excluding hydrogens is 324 g/mol. The molecule has 4 aliphatic carbocycles. The summed E-state index contributed by atoms with van der Waals surface area (Å²) < 4.78 is 30.0. The Balaban J connectivity index is 1.55. The highest BCUT2D eigenvalue weighted by Gasteiger charge is 2.56. The van der Waals surface area contributed by atoms with E-state index in [0.717, 1.165) is 25.7 Å². The maximum atomic E-state index is 10.7. The Hall–Kier alpha value is -0.310. The highest BCUT2D eigenvalue weighted by Crippen LogP contribution is 2.62. The number of aliphatic hydroxyl groups is 1. The van der Waals surface area contributed by atoms with Gasteiger partial charge in [0, 0.05) is 17.3 Å². The van der Waals surface area contributed by atoms with Gasteiger partial charge in [0.2, 0.25) is 0 Å². The van der Waals surface area contributed by atoms with Gasteiger partial charge < -0.3 is 10.8 Å². The summed E-state index contributed by atoms with van der Waals surface area (Å²) in [5.74, 6) is 1.54. The predicted molar refractivity (Wildman–Crippen MR) is 87.2 cm³/mol. The third-order valence-corrected chi connectivity index (χ3v) is 7.42. The van der Waals surface area contributed by atoms with Crippen LogP contribution in [-0.4, -0.2) is 41.8 Å². The summed E-state index contributed by atoms with van der Waals surface area (Å²) in [7, 11) is -3.68. The van der Waals surface area contributed by atoms with Crippen molar-refractivity contribution >= 4 is 25.8 Å². The molecule has 0 heterocycles. The molecule has 4 saturated carbocycles. The van der Waals surface area contributed by atoms with E-state index >= 15 is 0 Å². The third-order valence-electron chi connectivity index (χ3n) is 5.46. The normalized spacial score (nSPS) is 41.1. The largest absolute Gasteiger partial charge is 0.390 e. The van der Waals surface area contributed by atoms with Gasteiger partial charge in [-0.3, -0.25) is 9.55 Å². The van der Waals surface area contributed by atoms with Gasteiger partial charge in [0.05, 0.1) is 11.4 Å². The van der Waals surface area contributed by atoms with Gasteiger partial charge in [0.1, 0.15) is 5.84 Å². The molecule has 0 aliphatic heterocycles. The molecule has 4 fully saturated rings. The number of nitrogens with zero attached hydrogens (tertiary/aromatic N) is 1. The van der Waals surface area contributed by atoms with Gasteiger partial charge in [0.25, 0.3) is 0 Å². The van der Waals surface area contributed by atoms with Crippen LogP contribution in [0.3, 0.4) is 0 Å². The Morgan fingerprint density at radius 1 is 1.27 bits per heavy atom. The van der Waals surface area contributed by atoms with Crippen molar-refractivity contribution in [2.75, 3.05) is 12.3 Å². The number of rotatable bonds is 6. The summed E-state index contributed by atoms with van der Waals surface area (Å²) in [6.07, 6.45) is 7.33. The zero-order chi connectivity index (χ0) is 16.0. The molecule has 2 unspecified atom stereocenters. The van der Waals surface area contributed by atoms with Crippen LogP contribution in [0, 0.1) is 17.3 Å². The van der Waals surface area contributed by atoms with Crippen molar-refractivity contribution in [2.24, 2.45) is 28.0 Å². The summed E-state index contributed by atoms with van der Waals surface area (Å²) >= 11 is 0. The lowest BCUT2D eigenvalue weighted by Gasteiger charge is -2.60. The monoisotopic (exact) mass is 348 g/mol. The van der Waals surface area contributed by atoms with Gasteiger partial charge in [-0.1, -0.05) is 0 Å². The number of hydrogen-bond donors (Lipinski definition) is 3. The first kappa shape index (κ1) is 16.5. The lowest BCUT2D eigenvalue weighted by atomic mass is 9.47. The first-order chi connectivity index (χ1) is 10.2. The van der Waals surface area contributed by atoms with E-state index in [0.29, 0.717) is 29.2 Å². The third kappa shape index (κ3) is 3.77. The van der Waals surface area contributed by atoms with Crippen LogP contribution in [0.1, 0.15) is 44.9 Å². The fourth-order valence-electron chi connectivity index (χ4n) is 5.31. The molecule has 0 aromatic carbocycles. The van der Waals surface area contributed by atoms with Crippen LogP contribution in [0.5, 0.6) is 0 Å². The minimum absolute atomic E-state index is 0.0129. The average Bonchev–Trinajstić information content (AvgIpc) is 2.32. The molecule has 0 amide bonds. The van der Waals surface area contributed by atoms with Crippen molar-refractivity contribution < 1.29 is 18.1 Å². The molecule has 0 spiro atoms. The van der Waals surface area contributed by atoms with Crippen LogP contribution in [-0.2, 0) is 9.15 Å². The topological polar surface area (TPSA) is 113 Å². The number of nitrogens with two attached hydrogens (primary N) is 1. The van der Waals surface area contributed by atoms with Crippen molar-refractivity contribution in [3.8, 4) is 0 Å². The van der Waals surface area contributed by atoms with Gasteiger partial charge in [0.15, 0.2) is 0 Å². The summed E-state index contributed by atoms with van der Waals surface area (Å²) in [4.78, 5) is 4.24. The smallest absolute Gasteiger partial charge is 0.320 e. The zero-order valence-corrected chi connectivity index (χ0v) is 14.2. The second kappa shape index (κ2) is 5.65. The second-order valence-corrected chi connectivity index (χ2v) is 10.8. The minimum Gasteiger partial charge on any atom is -0.390 e. The van der Waals surface area contributed by atoms with Gasteiger partial charge in [-0.25, -0.2) is 0 Å². The summed E-state index contributed by atoms with van der Waals surface area (Å²) in [5.41, 5.74) is 5.42. The number of hydrogen-bond acceptors (Lipinski definition) is 5. The molecule has 4 N–H and O–H groups in total. The van der Waals surface area contributed by atoms with E-state index < -0.39 is 14.8 Å². The maximum absolute atomic E-state index is 10.7. The molecule has 8 heteroatoms. The molecule has 0 saturated heterocycles. The summed E-state index contributed by atoms with van der Waals surface area (Å²) in [6, 6.07) is 0. The quantitative estimate of drug-likeness (QED) is 0.291. The Labute approximate surface area is 135 Å². The van der Waals surface area contributed by atoms with Crippen LogP contribution in [0.4, 0.5) is 0 Å². The Kier molecular flexibility index (Phi) is 4.25. The van der Waals surface area contributed by atoms with E-state index in [1.54, 1.807) is 0 Å². The molecule has 4 atom stereocenters. The molecule has 4 bridgehead atoms. The first-order valence-electron chi connectivity index (χ1n) is 7.80. The zero-order valence-electron chi connectivity index (χ0n) is 12.6. The second-order valence-electron chi connectivity index (χ2n) is 7.50. The van der Waals surface area contributed by atoms with E-state index in [9.17, 15) is 13.5 Å². The lowest BCUT2D eigenvalue weighted by molar-refractivity contribution is -0.164. The van der Waals surface area contributed by atoms with Gasteiger partial charge in [-0.15, -0.1) is 0 Å². The minimum atomic E-state index is -4.07. The highest BCUT2D eigenvalue weighted by atomic mass is 33.1. The molecule has 4 rings (SSSR count). The lowest BCUT2D eigenvalue weighted by Crippen LogP contribution is -2.55. The molecule has 22 heavy (non-hydrogen) atoms. The molecule has 0 aromatic heterocycles. The fraction of sp³-hybridized carbons (Fsp3) is 0.929. The summed E-state index contributed by atoms with van der Waals surface area (Å²) in [6.45, 7) is 0.563. The van der Waals surface area contributed by atoms with Gasteiger partial charge in [-0.05, 0) is 62.2 Å². The molecule has 4 aliphatic rings.